The summed E-state index contributed by atoms with van der Waals surface area (Å²) >= 11 is 5.70. The fraction of sp³-hybridized carbons (Fsp3) is 0.0833. The highest BCUT2D eigenvalue weighted by molar-refractivity contribution is 6.30. The van der Waals surface area contributed by atoms with Crippen molar-refractivity contribution in [2.45, 2.75) is 6.18 Å². The summed E-state index contributed by atoms with van der Waals surface area (Å²) in [6.07, 6.45) is -3.21. The Morgan fingerprint density at radius 2 is 1.83 bits per heavy atom. The molecule has 0 unspecified atom stereocenters. The van der Waals surface area contributed by atoms with Gasteiger partial charge in [-0.3, -0.25) is 4.79 Å². The van der Waals surface area contributed by atoms with Gasteiger partial charge >= 0.3 is 6.18 Å². The van der Waals surface area contributed by atoms with Gasteiger partial charge in [0.05, 0.1) is 5.56 Å². The molecule has 94 valence electrons. The van der Waals surface area contributed by atoms with E-state index in [1.54, 1.807) is 0 Å². The van der Waals surface area contributed by atoms with Gasteiger partial charge in [0.1, 0.15) is 0 Å². The van der Waals surface area contributed by atoms with Crippen molar-refractivity contribution >= 4 is 11.6 Å². The molecule has 0 saturated carbocycles. The lowest BCUT2D eigenvalue weighted by molar-refractivity contribution is -0.137. The lowest BCUT2D eigenvalue weighted by Gasteiger charge is -2.13. The van der Waals surface area contributed by atoms with Gasteiger partial charge in [-0.25, -0.2) is 0 Å². The summed E-state index contributed by atoms with van der Waals surface area (Å²) in [6.45, 7) is 0. The van der Waals surface area contributed by atoms with Crippen LogP contribution in [0.1, 0.15) is 5.56 Å². The van der Waals surface area contributed by atoms with Gasteiger partial charge in [-0.1, -0.05) is 11.6 Å². The van der Waals surface area contributed by atoms with Gasteiger partial charge in [0, 0.05) is 17.3 Å². The second kappa shape index (κ2) is 4.49. The third-order valence-electron chi connectivity index (χ3n) is 2.37. The topological polar surface area (TPSA) is 32.9 Å². The third-order valence-corrected chi connectivity index (χ3v) is 2.61. The Bertz CT molecular complexity index is 634. The SMILES string of the molecule is O=c1cc(-c2cc(Cl)ccc2C(F)(F)F)cc[nH]1. The van der Waals surface area contributed by atoms with Gasteiger partial charge in [-0.05, 0) is 35.4 Å². The maximum Gasteiger partial charge on any atom is 0.417 e. The van der Waals surface area contributed by atoms with Crippen LogP contribution in [0.25, 0.3) is 11.1 Å². The van der Waals surface area contributed by atoms with Crippen LogP contribution >= 0.6 is 11.6 Å². The monoisotopic (exact) mass is 273 g/mol. The minimum absolute atomic E-state index is 0.110. The fourth-order valence-corrected chi connectivity index (χ4v) is 1.79. The number of halogens is 4. The smallest absolute Gasteiger partial charge is 0.329 e. The molecule has 0 aliphatic heterocycles. The Labute approximate surface area is 105 Å². The summed E-state index contributed by atoms with van der Waals surface area (Å²) in [4.78, 5) is 13.5. The van der Waals surface area contributed by atoms with Gasteiger partial charge in [-0.2, -0.15) is 13.2 Å². The van der Waals surface area contributed by atoms with E-state index in [2.05, 4.69) is 4.98 Å². The lowest BCUT2D eigenvalue weighted by Crippen LogP contribution is -2.08. The van der Waals surface area contributed by atoms with Crippen LogP contribution < -0.4 is 5.56 Å². The Morgan fingerprint density at radius 1 is 1.11 bits per heavy atom. The molecule has 0 aliphatic rings. The average molecular weight is 274 g/mol. The van der Waals surface area contributed by atoms with Crippen molar-refractivity contribution in [1.29, 1.82) is 0 Å². The quantitative estimate of drug-likeness (QED) is 0.844. The van der Waals surface area contributed by atoms with E-state index in [4.69, 9.17) is 11.6 Å². The van der Waals surface area contributed by atoms with E-state index in [0.717, 1.165) is 12.1 Å². The first-order valence-corrected chi connectivity index (χ1v) is 5.31. The number of H-pyrrole nitrogens is 1. The Kier molecular flexibility index (Phi) is 3.17. The molecular formula is C12H7ClF3NO. The first-order chi connectivity index (χ1) is 8.38. The predicted octanol–water partition coefficient (Wildman–Crippen LogP) is 3.71. The minimum Gasteiger partial charge on any atom is -0.329 e. The molecule has 0 fully saturated rings. The molecule has 1 N–H and O–H groups in total. The summed E-state index contributed by atoms with van der Waals surface area (Å²) < 4.78 is 38.5. The standard InChI is InChI=1S/C12H7ClF3NO/c13-8-1-2-10(12(14,15)16)9(6-8)7-3-4-17-11(18)5-7/h1-6H,(H,17,18). The highest BCUT2D eigenvalue weighted by Gasteiger charge is 2.33. The lowest BCUT2D eigenvalue weighted by atomic mass is 10.0. The third kappa shape index (κ3) is 2.56. The number of aromatic nitrogens is 1. The van der Waals surface area contributed by atoms with E-state index in [1.807, 2.05) is 0 Å². The molecule has 2 rings (SSSR count). The molecule has 6 heteroatoms. The van der Waals surface area contributed by atoms with Gasteiger partial charge in [0.2, 0.25) is 5.56 Å². The first kappa shape index (κ1) is 12.7. The number of benzene rings is 1. The Hall–Kier alpha value is -1.75. The summed E-state index contributed by atoms with van der Waals surface area (Å²) in [6, 6.07) is 5.75. The van der Waals surface area contributed by atoms with Crippen LogP contribution in [0.15, 0.2) is 41.3 Å². The van der Waals surface area contributed by atoms with E-state index in [9.17, 15) is 18.0 Å². The molecule has 2 nitrogen and oxygen atoms in total. The second-order valence-corrected chi connectivity index (χ2v) is 4.07. The molecular weight excluding hydrogens is 267 g/mol. The summed E-state index contributed by atoms with van der Waals surface area (Å²) in [5.74, 6) is 0. The Balaban J connectivity index is 2.70. The summed E-state index contributed by atoms with van der Waals surface area (Å²) in [5, 5.41) is 0.179. The van der Waals surface area contributed by atoms with Crippen LogP contribution in [0.2, 0.25) is 5.02 Å². The van der Waals surface area contributed by atoms with Crippen molar-refractivity contribution in [3.63, 3.8) is 0 Å². The van der Waals surface area contributed by atoms with Gasteiger partial charge in [0.15, 0.2) is 0 Å². The number of pyridine rings is 1. The number of aromatic amines is 1. The van der Waals surface area contributed by atoms with Crippen molar-refractivity contribution in [3.8, 4) is 11.1 Å². The predicted molar refractivity (Wildman–Crippen MR) is 62.5 cm³/mol. The number of hydrogen-bond acceptors (Lipinski definition) is 1. The molecule has 0 spiro atoms. The van der Waals surface area contributed by atoms with E-state index >= 15 is 0 Å². The maximum absolute atomic E-state index is 12.8. The van der Waals surface area contributed by atoms with Crippen LogP contribution in [0.4, 0.5) is 13.2 Å². The molecule has 0 bridgehead atoms. The highest BCUT2D eigenvalue weighted by atomic mass is 35.5. The summed E-state index contributed by atoms with van der Waals surface area (Å²) in [7, 11) is 0. The average Bonchev–Trinajstić information content (AvgIpc) is 2.27. The molecule has 0 saturated heterocycles. The van der Waals surface area contributed by atoms with Crippen LogP contribution in [0.3, 0.4) is 0 Å². The van der Waals surface area contributed by atoms with E-state index in [0.29, 0.717) is 0 Å². The fourth-order valence-electron chi connectivity index (χ4n) is 1.61. The van der Waals surface area contributed by atoms with Crippen molar-refractivity contribution in [2.24, 2.45) is 0 Å². The molecule has 1 heterocycles. The van der Waals surface area contributed by atoms with Crippen LogP contribution in [0.5, 0.6) is 0 Å². The first-order valence-electron chi connectivity index (χ1n) is 4.94. The molecule has 18 heavy (non-hydrogen) atoms. The number of hydrogen-bond donors (Lipinski definition) is 1. The van der Waals surface area contributed by atoms with Crippen LogP contribution in [-0.2, 0) is 6.18 Å². The summed E-state index contributed by atoms with van der Waals surface area (Å²) in [5.41, 5.74) is -1.23. The normalized spacial score (nSPS) is 11.6. The number of rotatable bonds is 1. The van der Waals surface area contributed by atoms with Crippen molar-refractivity contribution in [2.75, 3.05) is 0 Å². The number of alkyl halides is 3. The van der Waals surface area contributed by atoms with E-state index < -0.39 is 17.3 Å². The van der Waals surface area contributed by atoms with Crippen LogP contribution in [0, 0.1) is 0 Å². The molecule has 1 aromatic heterocycles. The van der Waals surface area contributed by atoms with Gasteiger partial charge < -0.3 is 4.98 Å². The zero-order chi connectivity index (χ0) is 13.3. The van der Waals surface area contributed by atoms with Gasteiger partial charge in [-0.15, -0.1) is 0 Å². The molecule has 0 amide bonds. The Morgan fingerprint density at radius 3 is 2.44 bits per heavy atom. The maximum atomic E-state index is 12.8. The molecule has 0 aliphatic carbocycles. The molecule has 0 atom stereocenters. The highest BCUT2D eigenvalue weighted by Crippen LogP contribution is 2.37. The van der Waals surface area contributed by atoms with Crippen molar-refractivity contribution < 1.29 is 13.2 Å². The van der Waals surface area contributed by atoms with E-state index in [-0.39, 0.29) is 16.1 Å². The molecule has 1 aromatic carbocycles. The largest absolute Gasteiger partial charge is 0.417 e. The second-order valence-electron chi connectivity index (χ2n) is 3.63. The van der Waals surface area contributed by atoms with Crippen molar-refractivity contribution in [3.05, 3.63) is 57.5 Å². The molecule has 0 radical (unpaired) electrons. The van der Waals surface area contributed by atoms with Crippen LogP contribution in [-0.4, -0.2) is 4.98 Å². The zero-order valence-corrected chi connectivity index (χ0v) is 9.64. The van der Waals surface area contributed by atoms with Crippen molar-refractivity contribution in [1.82, 2.24) is 4.98 Å². The molecule has 2 aromatic rings. The van der Waals surface area contributed by atoms with Gasteiger partial charge in [0.25, 0.3) is 0 Å². The zero-order valence-electron chi connectivity index (χ0n) is 8.88. The minimum atomic E-state index is -4.50. The number of nitrogens with one attached hydrogen (secondary N) is 1. The van der Waals surface area contributed by atoms with E-state index in [1.165, 1.54) is 24.4 Å².